The van der Waals surface area contributed by atoms with Crippen LogP contribution in [0, 0.1) is 5.82 Å². The number of nitrogens with one attached hydrogen (secondary N) is 1. The maximum atomic E-state index is 13.2. The molecule has 1 heterocycles. The number of hydrogen-bond acceptors (Lipinski definition) is 6. The Hall–Kier alpha value is -3.26. The summed E-state index contributed by atoms with van der Waals surface area (Å²) < 4.78 is 23.6. The molecule has 0 spiro atoms. The van der Waals surface area contributed by atoms with Gasteiger partial charge in [0.25, 0.3) is 5.91 Å². The molecular weight excluding hydrogens is 385 g/mol. The van der Waals surface area contributed by atoms with Crippen LogP contribution in [-0.2, 0) is 20.8 Å². The lowest BCUT2D eigenvalue weighted by atomic mass is 10.1. The SMILES string of the molecule is COC(=O)c1ccc(CNC(=O)COC(=O)c2cc3cc(F)ccc3s2)cc1. The molecule has 1 N–H and O–H groups in total. The number of ether oxygens (including phenoxy) is 2. The zero-order valence-corrected chi connectivity index (χ0v) is 15.7. The van der Waals surface area contributed by atoms with Crippen molar-refractivity contribution in [1.29, 1.82) is 0 Å². The van der Waals surface area contributed by atoms with Crippen LogP contribution >= 0.6 is 11.3 Å². The molecular formula is C20H16FNO5S. The topological polar surface area (TPSA) is 81.7 Å². The van der Waals surface area contributed by atoms with E-state index in [-0.39, 0.29) is 12.4 Å². The van der Waals surface area contributed by atoms with Crippen molar-refractivity contribution in [3.8, 4) is 0 Å². The van der Waals surface area contributed by atoms with E-state index < -0.39 is 24.5 Å². The molecule has 3 rings (SSSR count). The first-order valence-electron chi connectivity index (χ1n) is 8.26. The molecule has 0 bridgehead atoms. The van der Waals surface area contributed by atoms with Crippen LogP contribution in [0.25, 0.3) is 10.1 Å². The van der Waals surface area contributed by atoms with E-state index in [4.69, 9.17) is 4.74 Å². The van der Waals surface area contributed by atoms with Crippen molar-refractivity contribution in [2.24, 2.45) is 0 Å². The van der Waals surface area contributed by atoms with Crippen LogP contribution in [0.3, 0.4) is 0 Å². The van der Waals surface area contributed by atoms with Gasteiger partial charge in [-0.3, -0.25) is 4.79 Å². The molecule has 2 aromatic carbocycles. The van der Waals surface area contributed by atoms with E-state index in [1.54, 1.807) is 30.3 Å². The summed E-state index contributed by atoms with van der Waals surface area (Å²) in [4.78, 5) is 35.6. The quantitative estimate of drug-likeness (QED) is 0.641. The van der Waals surface area contributed by atoms with Gasteiger partial charge in [-0.2, -0.15) is 0 Å². The largest absolute Gasteiger partial charge is 0.465 e. The number of carbonyl (C=O) groups is 3. The van der Waals surface area contributed by atoms with Crippen LogP contribution in [-0.4, -0.2) is 31.6 Å². The van der Waals surface area contributed by atoms with Crippen molar-refractivity contribution >= 4 is 39.3 Å². The average molecular weight is 401 g/mol. The summed E-state index contributed by atoms with van der Waals surface area (Å²) in [5, 5.41) is 3.23. The highest BCUT2D eigenvalue weighted by atomic mass is 32.1. The number of benzene rings is 2. The van der Waals surface area contributed by atoms with Gasteiger partial charge < -0.3 is 14.8 Å². The Labute approximate surface area is 163 Å². The number of thiophene rings is 1. The van der Waals surface area contributed by atoms with Gasteiger partial charge in [0.05, 0.1) is 12.7 Å². The maximum absolute atomic E-state index is 13.2. The van der Waals surface area contributed by atoms with E-state index in [0.29, 0.717) is 15.8 Å². The van der Waals surface area contributed by atoms with E-state index in [9.17, 15) is 18.8 Å². The molecule has 6 nitrogen and oxygen atoms in total. The third-order valence-electron chi connectivity index (χ3n) is 3.88. The fraction of sp³-hybridized carbons (Fsp3) is 0.150. The van der Waals surface area contributed by atoms with Crippen LogP contribution in [0.4, 0.5) is 4.39 Å². The summed E-state index contributed by atoms with van der Waals surface area (Å²) in [6, 6.07) is 12.3. The van der Waals surface area contributed by atoms with E-state index in [0.717, 1.165) is 10.3 Å². The van der Waals surface area contributed by atoms with Crippen LogP contribution < -0.4 is 5.32 Å². The highest BCUT2D eigenvalue weighted by molar-refractivity contribution is 7.20. The molecule has 0 radical (unpaired) electrons. The lowest BCUT2D eigenvalue weighted by Crippen LogP contribution is -2.28. The summed E-state index contributed by atoms with van der Waals surface area (Å²) in [6.07, 6.45) is 0. The minimum absolute atomic E-state index is 0.222. The molecule has 0 atom stereocenters. The number of fused-ring (bicyclic) bond motifs is 1. The molecule has 0 aliphatic carbocycles. The van der Waals surface area contributed by atoms with Gasteiger partial charge in [-0.15, -0.1) is 11.3 Å². The van der Waals surface area contributed by atoms with Gasteiger partial charge in [0.2, 0.25) is 0 Å². The number of carbonyl (C=O) groups excluding carboxylic acids is 3. The van der Waals surface area contributed by atoms with Gasteiger partial charge in [-0.1, -0.05) is 12.1 Å². The maximum Gasteiger partial charge on any atom is 0.348 e. The van der Waals surface area contributed by atoms with E-state index >= 15 is 0 Å². The van der Waals surface area contributed by atoms with Crippen molar-refractivity contribution in [1.82, 2.24) is 5.32 Å². The lowest BCUT2D eigenvalue weighted by molar-refractivity contribution is -0.124. The Morgan fingerprint density at radius 1 is 1.04 bits per heavy atom. The average Bonchev–Trinajstić information content (AvgIpc) is 3.13. The van der Waals surface area contributed by atoms with Gasteiger partial charge in [0.1, 0.15) is 10.7 Å². The zero-order chi connectivity index (χ0) is 20.1. The lowest BCUT2D eigenvalue weighted by Gasteiger charge is -2.07. The number of esters is 2. The monoisotopic (exact) mass is 401 g/mol. The first-order valence-corrected chi connectivity index (χ1v) is 9.08. The third-order valence-corrected chi connectivity index (χ3v) is 4.97. The van der Waals surface area contributed by atoms with E-state index in [1.165, 1.54) is 36.6 Å². The van der Waals surface area contributed by atoms with E-state index in [1.807, 2.05) is 0 Å². The molecule has 0 aliphatic heterocycles. The van der Waals surface area contributed by atoms with Gasteiger partial charge in [0.15, 0.2) is 6.61 Å². The predicted molar refractivity (Wildman–Crippen MR) is 102 cm³/mol. The van der Waals surface area contributed by atoms with Gasteiger partial charge in [-0.05, 0) is 47.3 Å². The molecule has 3 aromatic rings. The van der Waals surface area contributed by atoms with Crippen LogP contribution in [0.5, 0.6) is 0 Å². The first kappa shape index (κ1) is 19.5. The molecule has 0 saturated carbocycles. The second kappa shape index (κ2) is 8.62. The Bertz CT molecular complexity index is 1030. The molecule has 0 unspecified atom stereocenters. The molecule has 144 valence electrons. The predicted octanol–water partition coefficient (Wildman–Crippen LogP) is 3.30. The molecule has 0 fully saturated rings. The van der Waals surface area contributed by atoms with Crippen molar-refractivity contribution in [2.75, 3.05) is 13.7 Å². The smallest absolute Gasteiger partial charge is 0.348 e. The Kier molecular flexibility index (Phi) is 6.00. The molecule has 0 aliphatic rings. The minimum Gasteiger partial charge on any atom is -0.465 e. The highest BCUT2D eigenvalue weighted by Gasteiger charge is 2.14. The number of rotatable bonds is 6. The third kappa shape index (κ3) is 4.72. The Morgan fingerprint density at radius 3 is 2.50 bits per heavy atom. The Balaban J connectivity index is 1.49. The number of halogens is 1. The molecule has 0 saturated heterocycles. The Morgan fingerprint density at radius 2 is 1.79 bits per heavy atom. The molecule has 8 heteroatoms. The first-order chi connectivity index (χ1) is 13.5. The summed E-state index contributed by atoms with van der Waals surface area (Å²) >= 11 is 1.17. The van der Waals surface area contributed by atoms with Crippen molar-refractivity contribution in [3.05, 3.63) is 70.4 Å². The van der Waals surface area contributed by atoms with Crippen molar-refractivity contribution in [2.45, 2.75) is 6.54 Å². The second-order valence-corrected chi connectivity index (χ2v) is 6.92. The van der Waals surface area contributed by atoms with Gasteiger partial charge in [-0.25, -0.2) is 14.0 Å². The zero-order valence-electron chi connectivity index (χ0n) is 14.9. The number of amides is 1. The minimum atomic E-state index is -0.640. The number of methoxy groups -OCH3 is 1. The highest BCUT2D eigenvalue weighted by Crippen LogP contribution is 2.26. The normalized spacial score (nSPS) is 10.5. The fourth-order valence-electron chi connectivity index (χ4n) is 2.45. The number of hydrogen-bond donors (Lipinski definition) is 1. The van der Waals surface area contributed by atoms with E-state index in [2.05, 4.69) is 10.1 Å². The van der Waals surface area contributed by atoms with Crippen LogP contribution in [0.2, 0.25) is 0 Å². The molecule has 1 aromatic heterocycles. The summed E-state index contributed by atoms with van der Waals surface area (Å²) in [7, 11) is 1.30. The summed E-state index contributed by atoms with van der Waals surface area (Å²) in [5.74, 6) is -1.92. The molecule has 28 heavy (non-hydrogen) atoms. The van der Waals surface area contributed by atoms with Crippen molar-refractivity contribution < 1.29 is 28.2 Å². The molecule has 1 amide bonds. The summed E-state index contributed by atoms with van der Waals surface area (Å²) in [5.41, 5.74) is 1.19. The van der Waals surface area contributed by atoms with Gasteiger partial charge >= 0.3 is 11.9 Å². The second-order valence-electron chi connectivity index (χ2n) is 5.83. The fourth-order valence-corrected chi connectivity index (χ4v) is 3.38. The van der Waals surface area contributed by atoms with Crippen LogP contribution in [0.15, 0.2) is 48.5 Å². The summed E-state index contributed by atoms with van der Waals surface area (Å²) in [6.45, 7) is -0.207. The van der Waals surface area contributed by atoms with Crippen molar-refractivity contribution in [3.63, 3.8) is 0 Å². The van der Waals surface area contributed by atoms with Gasteiger partial charge in [0, 0.05) is 11.2 Å². The van der Waals surface area contributed by atoms with Crippen LogP contribution in [0.1, 0.15) is 25.6 Å². The standard InChI is InChI=1S/C20H16FNO5S/c1-26-19(24)13-4-2-12(3-5-13)10-22-18(23)11-27-20(25)17-9-14-8-15(21)6-7-16(14)28-17/h2-9H,10-11H2,1H3,(H,22,23).